The summed E-state index contributed by atoms with van der Waals surface area (Å²) in [4.78, 5) is 27.5. The van der Waals surface area contributed by atoms with Crippen molar-refractivity contribution in [3.63, 3.8) is 0 Å². The van der Waals surface area contributed by atoms with Gasteiger partial charge in [-0.1, -0.05) is 0 Å². The van der Waals surface area contributed by atoms with E-state index >= 15 is 0 Å². The summed E-state index contributed by atoms with van der Waals surface area (Å²) in [5.41, 5.74) is -0.105. The van der Waals surface area contributed by atoms with Crippen molar-refractivity contribution in [2.75, 3.05) is 26.9 Å². The number of alkyl halides is 3. The number of halogens is 3. The van der Waals surface area contributed by atoms with Crippen LogP contribution in [0.2, 0.25) is 0 Å². The number of pyridine rings is 1. The second-order valence-corrected chi connectivity index (χ2v) is 7.67. The SMILES string of the molecule is COCCNC(=O)c1ccc(C(=O)NS(=O)(=O)c2ccc(OCC(F)(F)F)cc2)cn1. The van der Waals surface area contributed by atoms with Crippen LogP contribution in [0.5, 0.6) is 5.75 Å². The lowest BCUT2D eigenvalue weighted by atomic mass is 10.2. The molecule has 0 radical (unpaired) electrons. The van der Waals surface area contributed by atoms with E-state index in [-0.39, 0.29) is 28.4 Å². The molecule has 2 N–H and O–H groups in total. The molecule has 0 saturated carbocycles. The number of hydrogen-bond acceptors (Lipinski definition) is 7. The Hall–Kier alpha value is -3.19. The first kappa shape index (κ1) is 24.1. The Morgan fingerprint density at radius 1 is 1.06 bits per heavy atom. The number of nitrogens with zero attached hydrogens (tertiary/aromatic N) is 1. The maximum Gasteiger partial charge on any atom is 0.422 e. The van der Waals surface area contributed by atoms with Gasteiger partial charge in [-0.15, -0.1) is 0 Å². The predicted molar refractivity (Wildman–Crippen MR) is 101 cm³/mol. The number of aromatic nitrogens is 1. The highest BCUT2D eigenvalue weighted by Gasteiger charge is 2.28. The highest BCUT2D eigenvalue weighted by Crippen LogP contribution is 2.20. The summed E-state index contributed by atoms with van der Waals surface area (Å²) < 4.78 is 72.2. The fraction of sp³-hybridized carbons (Fsp3) is 0.278. The molecule has 1 aromatic carbocycles. The van der Waals surface area contributed by atoms with Crippen molar-refractivity contribution in [3.8, 4) is 5.75 Å². The largest absolute Gasteiger partial charge is 0.484 e. The number of hydrogen-bond donors (Lipinski definition) is 2. The first-order chi connectivity index (χ1) is 14.5. The molecule has 2 rings (SSSR count). The molecule has 13 heteroatoms. The lowest BCUT2D eigenvalue weighted by Crippen LogP contribution is -2.31. The Balaban J connectivity index is 2.01. The van der Waals surface area contributed by atoms with Crippen molar-refractivity contribution < 1.29 is 40.7 Å². The molecule has 0 aliphatic rings. The first-order valence-corrected chi connectivity index (χ1v) is 10.1. The average molecular weight is 461 g/mol. The number of nitrogens with one attached hydrogen (secondary N) is 2. The van der Waals surface area contributed by atoms with E-state index in [9.17, 15) is 31.2 Å². The van der Waals surface area contributed by atoms with E-state index in [0.29, 0.717) is 6.61 Å². The van der Waals surface area contributed by atoms with Crippen molar-refractivity contribution in [2.45, 2.75) is 11.1 Å². The number of rotatable bonds is 9. The van der Waals surface area contributed by atoms with Gasteiger partial charge in [0.1, 0.15) is 11.4 Å². The summed E-state index contributed by atoms with van der Waals surface area (Å²) in [7, 11) is -2.83. The summed E-state index contributed by atoms with van der Waals surface area (Å²) >= 11 is 0. The molecule has 0 fully saturated rings. The molecule has 31 heavy (non-hydrogen) atoms. The minimum absolute atomic E-state index is 0.0185. The van der Waals surface area contributed by atoms with Gasteiger partial charge in [-0.05, 0) is 36.4 Å². The van der Waals surface area contributed by atoms with Crippen molar-refractivity contribution in [3.05, 3.63) is 53.9 Å². The molecule has 0 aliphatic carbocycles. The number of methoxy groups -OCH3 is 1. The minimum atomic E-state index is -4.53. The number of benzene rings is 1. The topological polar surface area (TPSA) is 124 Å². The molecule has 0 bridgehead atoms. The number of amides is 2. The normalized spacial score (nSPS) is 11.6. The molecule has 0 atom stereocenters. The minimum Gasteiger partial charge on any atom is -0.484 e. The number of ether oxygens (including phenoxy) is 2. The predicted octanol–water partition coefficient (Wildman–Crippen LogP) is 1.52. The Morgan fingerprint density at radius 3 is 2.29 bits per heavy atom. The number of carbonyl (C=O) groups is 2. The second kappa shape index (κ2) is 10.2. The Kier molecular flexibility index (Phi) is 7.94. The van der Waals surface area contributed by atoms with E-state index in [2.05, 4.69) is 15.0 Å². The average Bonchev–Trinajstić information content (AvgIpc) is 2.72. The van der Waals surface area contributed by atoms with Gasteiger partial charge < -0.3 is 14.8 Å². The second-order valence-electron chi connectivity index (χ2n) is 5.99. The van der Waals surface area contributed by atoms with Crippen molar-refractivity contribution in [1.82, 2.24) is 15.0 Å². The van der Waals surface area contributed by atoms with Crippen LogP contribution in [0, 0.1) is 0 Å². The zero-order valence-corrected chi connectivity index (χ0v) is 16.9. The van der Waals surface area contributed by atoms with Gasteiger partial charge in [-0.2, -0.15) is 13.2 Å². The lowest BCUT2D eigenvalue weighted by molar-refractivity contribution is -0.153. The standard InChI is InChI=1S/C18H18F3N3O6S/c1-29-9-8-22-17(26)15-7-2-12(10-23-15)16(25)24-31(27,28)14-5-3-13(4-6-14)30-11-18(19,20)21/h2-7,10H,8-9,11H2,1H3,(H,22,26)(H,24,25). The van der Waals surface area contributed by atoms with Gasteiger partial charge >= 0.3 is 6.18 Å². The van der Waals surface area contributed by atoms with E-state index in [4.69, 9.17) is 4.74 Å². The molecule has 2 amide bonds. The Bertz CT molecular complexity index is 1010. The number of carbonyl (C=O) groups excluding carboxylic acids is 2. The van der Waals surface area contributed by atoms with E-state index < -0.39 is 34.6 Å². The van der Waals surface area contributed by atoms with Crippen LogP contribution in [-0.4, -0.2) is 58.3 Å². The highest BCUT2D eigenvalue weighted by atomic mass is 32.2. The van der Waals surface area contributed by atoms with Crippen LogP contribution in [0.3, 0.4) is 0 Å². The van der Waals surface area contributed by atoms with Gasteiger partial charge in [0, 0.05) is 19.9 Å². The molecule has 0 aliphatic heterocycles. The van der Waals surface area contributed by atoms with Crippen molar-refractivity contribution >= 4 is 21.8 Å². The van der Waals surface area contributed by atoms with E-state index in [1.165, 1.54) is 19.2 Å². The molecule has 0 saturated heterocycles. The molecule has 0 unspecified atom stereocenters. The summed E-state index contributed by atoms with van der Waals surface area (Å²) in [6.07, 6.45) is -3.50. The van der Waals surface area contributed by atoms with Crippen LogP contribution in [0.25, 0.3) is 0 Å². The summed E-state index contributed by atoms with van der Waals surface area (Å²) in [6.45, 7) is -0.958. The zero-order valence-electron chi connectivity index (χ0n) is 16.1. The Labute approximate surface area is 175 Å². The van der Waals surface area contributed by atoms with Crippen LogP contribution in [0.15, 0.2) is 47.5 Å². The molecule has 168 valence electrons. The molecule has 9 nitrogen and oxygen atoms in total. The van der Waals surface area contributed by atoms with E-state index in [1.807, 2.05) is 4.72 Å². The fourth-order valence-corrected chi connectivity index (χ4v) is 3.11. The molecular formula is C18H18F3N3O6S. The van der Waals surface area contributed by atoms with Gasteiger partial charge in [-0.3, -0.25) is 14.6 Å². The van der Waals surface area contributed by atoms with E-state index in [1.54, 1.807) is 0 Å². The molecule has 1 aromatic heterocycles. The third-order valence-corrected chi connectivity index (χ3v) is 4.96. The third kappa shape index (κ3) is 7.53. The molecule has 0 spiro atoms. The summed E-state index contributed by atoms with van der Waals surface area (Å²) in [6, 6.07) is 6.51. The fourth-order valence-electron chi connectivity index (χ4n) is 2.14. The monoisotopic (exact) mass is 461 g/mol. The molecule has 2 aromatic rings. The quantitative estimate of drug-likeness (QED) is 0.543. The van der Waals surface area contributed by atoms with Gasteiger partial charge in [-0.25, -0.2) is 13.1 Å². The van der Waals surface area contributed by atoms with Crippen molar-refractivity contribution in [1.29, 1.82) is 0 Å². The van der Waals surface area contributed by atoms with Crippen LogP contribution in [0.4, 0.5) is 13.2 Å². The maximum atomic E-state index is 12.3. The summed E-state index contributed by atoms with van der Waals surface area (Å²) in [5.74, 6) is -1.69. The summed E-state index contributed by atoms with van der Waals surface area (Å²) in [5, 5.41) is 2.53. The maximum absolute atomic E-state index is 12.3. The van der Waals surface area contributed by atoms with Gasteiger partial charge in [0.15, 0.2) is 6.61 Å². The van der Waals surface area contributed by atoms with Crippen LogP contribution in [-0.2, 0) is 14.8 Å². The zero-order chi connectivity index (χ0) is 23.1. The highest BCUT2D eigenvalue weighted by molar-refractivity contribution is 7.90. The first-order valence-electron chi connectivity index (χ1n) is 8.62. The third-order valence-electron chi connectivity index (χ3n) is 3.61. The van der Waals surface area contributed by atoms with Gasteiger partial charge in [0.25, 0.3) is 21.8 Å². The van der Waals surface area contributed by atoms with Crippen molar-refractivity contribution in [2.24, 2.45) is 0 Å². The lowest BCUT2D eigenvalue weighted by Gasteiger charge is -2.10. The Morgan fingerprint density at radius 2 is 1.74 bits per heavy atom. The van der Waals surface area contributed by atoms with E-state index in [0.717, 1.165) is 30.5 Å². The molecule has 1 heterocycles. The number of sulfonamides is 1. The smallest absolute Gasteiger partial charge is 0.422 e. The van der Waals surface area contributed by atoms with Gasteiger partial charge in [0.05, 0.1) is 17.1 Å². The van der Waals surface area contributed by atoms with Gasteiger partial charge in [0.2, 0.25) is 0 Å². The van der Waals surface area contributed by atoms with Crippen LogP contribution in [0.1, 0.15) is 20.8 Å². The van der Waals surface area contributed by atoms with Crippen LogP contribution < -0.4 is 14.8 Å². The molecular weight excluding hydrogens is 443 g/mol. The van der Waals surface area contributed by atoms with Crippen LogP contribution >= 0.6 is 0 Å².